The van der Waals surface area contributed by atoms with Gasteiger partial charge in [0.1, 0.15) is 23.1 Å². The van der Waals surface area contributed by atoms with Crippen molar-refractivity contribution in [3.05, 3.63) is 23.5 Å². The average molecular weight is 287 g/mol. The molecule has 0 fully saturated rings. The van der Waals surface area contributed by atoms with Crippen molar-refractivity contribution in [1.29, 1.82) is 0 Å². The molecular weight excluding hydrogens is 268 g/mol. The molecule has 106 valence electrons. The molecule has 0 aliphatic heterocycles. The van der Waals surface area contributed by atoms with E-state index in [4.69, 9.17) is 21.1 Å². The third-order valence-electron chi connectivity index (χ3n) is 1.96. The average Bonchev–Trinajstić information content (AvgIpc) is 2.23. The first-order chi connectivity index (χ1) is 8.76. The smallest absolute Gasteiger partial charge is 0.407 e. The normalized spacial score (nSPS) is 12.7. The number of alkyl carbamates (subject to hydrolysis) is 1. The number of carbonyl (C=O) groups excluding carboxylic acids is 1. The number of carbonyl (C=O) groups is 1. The van der Waals surface area contributed by atoms with Crippen LogP contribution >= 0.6 is 11.6 Å². The van der Waals surface area contributed by atoms with Gasteiger partial charge in [-0.3, -0.25) is 0 Å². The van der Waals surface area contributed by atoms with Gasteiger partial charge >= 0.3 is 6.09 Å². The lowest BCUT2D eigenvalue weighted by atomic mass is 10.2. The van der Waals surface area contributed by atoms with E-state index < -0.39 is 11.7 Å². The van der Waals surface area contributed by atoms with Gasteiger partial charge < -0.3 is 14.8 Å². The Morgan fingerprint density at radius 3 is 2.79 bits per heavy atom. The van der Waals surface area contributed by atoms with Gasteiger partial charge in [-0.15, -0.1) is 0 Å². The van der Waals surface area contributed by atoms with Crippen LogP contribution < -0.4 is 10.1 Å². The molecule has 0 aromatic carbocycles. The molecule has 1 atom stereocenters. The standard InChI is InChI=1S/C13H19ClN2O3/c1-9(16-12(17)19-13(2,3)4)8-18-10-5-6-15-11(14)7-10/h5-7,9H,8H2,1-4H3,(H,16,17). The van der Waals surface area contributed by atoms with Gasteiger partial charge in [-0.05, 0) is 33.8 Å². The number of nitrogens with zero attached hydrogens (tertiary/aromatic N) is 1. The van der Waals surface area contributed by atoms with Gasteiger partial charge in [-0.1, -0.05) is 11.6 Å². The quantitative estimate of drug-likeness (QED) is 0.864. The van der Waals surface area contributed by atoms with Crippen molar-refractivity contribution in [3.8, 4) is 5.75 Å². The molecule has 6 heteroatoms. The lowest BCUT2D eigenvalue weighted by molar-refractivity contribution is 0.0494. The zero-order valence-electron chi connectivity index (χ0n) is 11.6. The minimum absolute atomic E-state index is 0.179. The minimum Gasteiger partial charge on any atom is -0.491 e. The first kappa shape index (κ1) is 15.6. The second-order valence-electron chi connectivity index (χ2n) is 5.17. The molecule has 1 aromatic heterocycles. The van der Waals surface area contributed by atoms with Crippen LogP contribution in [0, 0.1) is 0 Å². The van der Waals surface area contributed by atoms with Gasteiger partial charge in [-0.2, -0.15) is 0 Å². The van der Waals surface area contributed by atoms with Crippen molar-refractivity contribution < 1.29 is 14.3 Å². The van der Waals surface area contributed by atoms with Crippen LogP contribution in [-0.4, -0.2) is 29.3 Å². The summed E-state index contributed by atoms with van der Waals surface area (Å²) in [6.07, 6.45) is 1.10. The van der Waals surface area contributed by atoms with E-state index in [9.17, 15) is 4.79 Å². The SMILES string of the molecule is CC(COc1ccnc(Cl)c1)NC(=O)OC(C)(C)C. The zero-order chi connectivity index (χ0) is 14.5. The lowest BCUT2D eigenvalue weighted by Crippen LogP contribution is -2.40. The number of halogens is 1. The Hall–Kier alpha value is -1.49. The van der Waals surface area contributed by atoms with Crippen LogP contribution in [0.4, 0.5) is 4.79 Å². The fraction of sp³-hybridized carbons (Fsp3) is 0.538. The maximum absolute atomic E-state index is 11.5. The predicted molar refractivity (Wildman–Crippen MR) is 73.6 cm³/mol. The Morgan fingerprint density at radius 1 is 1.53 bits per heavy atom. The highest BCUT2D eigenvalue weighted by Gasteiger charge is 2.17. The second-order valence-corrected chi connectivity index (χ2v) is 5.56. The Morgan fingerprint density at radius 2 is 2.21 bits per heavy atom. The fourth-order valence-corrected chi connectivity index (χ4v) is 1.41. The molecule has 19 heavy (non-hydrogen) atoms. The molecule has 0 radical (unpaired) electrons. The van der Waals surface area contributed by atoms with Gasteiger partial charge in [0.2, 0.25) is 0 Å². The van der Waals surface area contributed by atoms with Crippen LogP contribution in [-0.2, 0) is 4.74 Å². The Bertz CT molecular complexity index is 432. The largest absolute Gasteiger partial charge is 0.491 e. The minimum atomic E-state index is -0.511. The van der Waals surface area contributed by atoms with E-state index in [1.54, 1.807) is 18.3 Å². The molecule has 1 amide bonds. The van der Waals surface area contributed by atoms with Gasteiger partial charge in [0.15, 0.2) is 0 Å². The molecule has 0 aliphatic rings. The fourth-order valence-electron chi connectivity index (χ4n) is 1.25. The molecule has 1 unspecified atom stereocenters. The Balaban J connectivity index is 2.36. The summed E-state index contributed by atoms with van der Waals surface area (Å²) in [6.45, 7) is 7.58. The Kier molecular flexibility index (Phi) is 5.42. The number of pyridine rings is 1. The number of aromatic nitrogens is 1. The number of hydrogen-bond donors (Lipinski definition) is 1. The van der Waals surface area contributed by atoms with Crippen molar-refractivity contribution >= 4 is 17.7 Å². The van der Waals surface area contributed by atoms with Gasteiger partial charge in [-0.25, -0.2) is 9.78 Å². The molecule has 1 heterocycles. The van der Waals surface area contributed by atoms with Crippen molar-refractivity contribution in [2.75, 3.05) is 6.61 Å². The summed E-state index contributed by atoms with van der Waals surface area (Å²) < 4.78 is 10.6. The molecule has 0 saturated carbocycles. The molecule has 1 aromatic rings. The number of hydrogen-bond acceptors (Lipinski definition) is 4. The van der Waals surface area contributed by atoms with E-state index >= 15 is 0 Å². The van der Waals surface area contributed by atoms with E-state index in [-0.39, 0.29) is 6.04 Å². The van der Waals surface area contributed by atoms with E-state index in [1.165, 1.54) is 0 Å². The second kappa shape index (κ2) is 6.61. The highest BCUT2D eigenvalue weighted by molar-refractivity contribution is 6.29. The summed E-state index contributed by atoms with van der Waals surface area (Å²) in [5, 5.41) is 3.05. The van der Waals surface area contributed by atoms with Crippen LogP contribution in [0.15, 0.2) is 18.3 Å². The summed E-state index contributed by atoms with van der Waals surface area (Å²) in [5.41, 5.74) is -0.511. The molecule has 1 rings (SSSR count). The molecule has 1 N–H and O–H groups in total. The first-order valence-corrected chi connectivity index (χ1v) is 6.38. The van der Waals surface area contributed by atoms with E-state index in [2.05, 4.69) is 10.3 Å². The maximum Gasteiger partial charge on any atom is 0.407 e. The number of amides is 1. The topological polar surface area (TPSA) is 60.5 Å². The predicted octanol–water partition coefficient (Wildman–Crippen LogP) is 3.03. The molecule has 0 bridgehead atoms. The first-order valence-electron chi connectivity index (χ1n) is 6.00. The van der Waals surface area contributed by atoms with Crippen LogP contribution in [0.25, 0.3) is 0 Å². The Labute approximate surface area is 118 Å². The van der Waals surface area contributed by atoms with E-state index in [0.29, 0.717) is 17.5 Å². The highest BCUT2D eigenvalue weighted by atomic mass is 35.5. The molecular formula is C13H19ClN2O3. The van der Waals surface area contributed by atoms with E-state index in [1.807, 2.05) is 27.7 Å². The molecule has 5 nitrogen and oxygen atoms in total. The van der Waals surface area contributed by atoms with Crippen LogP contribution in [0.3, 0.4) is 0 Å². The summed E-state index contributed by atoms with van der Waals surface area (Å²) in [4.78, 5) is 15.4. The van der Waals surface area contributed by atoms with Crippen molar-refractivity contribution in [3.63, 3.8) is 0 Å². The van der Waals surface area contributed by atoms with Crippen LogP contribution in [0.5, 0.6) is 5.75 Å². The highest BCUT2D eigenvalue weighted by Crippen LogP contribution is 2.14. The summed E-state index contributed by atoms with van der Waals surface area (Å²) in [7, 11) is 0. The van der Waals surface area contributed by atoms with Gasteiger partial charge in [0.25, 0.3) is 0 Å². The zero-order valence-corrected chi connectivity index (χ0v) is 12.3. The van der Waals surface area contributed by atoms with Gasteiger partial charge in [0, 0.05) is 12.3 Å². The van der Waals surface area contributed by atoms with Crippen LogP contribution in [0.2, 0.25) is 5.15 Å². The van der Waals surface area contributed by atoms with Crippen LogP contribution in [0.1, 0.15) is 27.7 Å². The van der Waals surface area contributed by atoms with Crippen molar-refractivity contribution in [1.82, 2.24) is 10.3 Å². The number of rotatable bonds is 4. The number of ether oxygens (including phenoxy) is 2. The van der Waals surface area contributed by atoms with E-state index in [0.717, 1.165) is 0 Å². The monoisotopic (exact) mass is 286 g/mol. The molecule has 0 saturated heterocycles. The molecule has 0 spiro atoms. The molecule has 0 aliphatic carbocycles. The lowest BCUT2D eigenvalue weighted by Gasteiger charge is -2.22. The van der Waals surface area contributed by atoms with Crippen molar-refractivity contribution in [2.24, 2.45) is 0 Å². The number of nitrogens with one attached hydrogen (secondary N) is 1. The maximum atomic E-state index is 11.5. The van der Waals surface area contributed by atoms with Crippen molar-refractivity contribution in [2.45, 2.75) is 39.3 Å². The third-order valence-corrected chi connectivity index (χ3v) is 2.17. The summed E-state index contributed by atoms with van der Waals surface area (Å²) >= 11 is 5.74. The summed E-state index contributed by atoms with van der Waals surface area (Å²) in [5.74, 6) is 0.609. The van der Waals surface area contributed by atoms with Gasteiger partial charge in [0.05, 0.1) is 6.04 Å². The summed E-state index contributed by atoms with van der Waals surface area (Å²) in [6, 6.07) is 3.13. The third kappa shape index (κ3) is 6.86.